The number of quaternary nitrogens is 1. The zero-order valence-corrected chi connectivity index (χ0v) is 18.3. The Morgan fingerprint density at radius 2 is 1.69 bits per heavy atom. The third-order valence-electron chi connectivity index (χ3n) is 4.62. The maximum Gasteiger partial charge on any atom is 0.341 e. The van der Waals surface area contributed by atoms with Crippen molar-refractivity contribution < 1.29 is 24.0 Å². The molecule has 0 saturated carbocycles. The van der Waals surface area contributed by atoms with Gasteiger partial charge in [0.1, 0.15) is 5.00 Å². The number of hydrogen-bond donors (Lipinski definition) is 3. The highest BCUT2D eigenvalue weighted by atomic mass is 32.1. The summed E-state index contributed by atoms with van der Waals surface area (Å²) in [5.74, 6) is -0.901. The van der Waals surface area contributed by atoms with Crippen molar-refractivity contribution in [1.82, 2.24) is 0 Å². The van der Waals surface area contributed by atoms with E-state index in [0.717, 1.165) is 33.0 Å². The Kier molecular flexibility index (Phi) is 7.92. The molecule has 0 saturated heterocycles. The molecule has 0 fully saturated rings. The number of amides is 2. The lowest BCUT2D eigenvalue weighted by atomic mass is 10.1. The summed E-state index contributed by atoms with van der Waals surface area (Å²) in [6, 6.07) is 7.66. The molecule has 0 aliphatic rings. The first-order valence-corrected chi connectivity index (χ1v) is 10.3. The molecule has 7 nitrogen and oxygen atoms in total. The van der Waals surface area contributed by atoms with Gasteiger partial charge in [-0.15, -0.1) is 11.3 Å². The number of carbonyl (C=O) groups excluding carboxylic acids is 3. The van der Waals surface area contributed by atoms with Gasteiger partial charge < -0.3 is 20.3 Å². The van der Waals surface area contributed by atoms with E-state index in [0.29, 0.717) is 10.6 Å². The molecule has 0 spiro atoms. The summed E-state index contributed by atoms with van der Waals surface area (Å²) in [7, 11) is 3.09. The first kappa shape index (κ1) is 22.6. The lowest BCUT2D eigenvalue weighted by Gasteiger charge is -2.15. The van der Waals surface area contributed by atoms with Gasteiger partial charge in [-0.05, 0) is 37.5 Å². The van der Waals surface area contributed by atoms with Crippen molar-refractivity contribution in [2.24, 2.45) is 0 Å². The van der Waals surface area contributed by atoms with Gasteiger partial charge in [-0.25, -0.2) is 4.79 Å². The van der Waals surface area contributed by atoms with Gasteiger partial charge in [-0.2, -0.15) is 0 Å². The molecule has 0 bridgehead atoms. The lowest BCUT2D eigenvalue weighted by molar-refractivity contribution is -0.862. The SMILES string of the molecule is CCc1ccccc1NC(=O)C[NH+](C)CC(=O)Nc1sc(C)c(C)c1C(=O)OC. The largest absolute Gasteiger partial charge is 0.465 e. The second-order valence-electron chi connectivity index (χ2n) is 6.90. The predicted molar refractivity (Wildman–Crippen MR) is 115 cm³/mol. The topological polar surface area (TPSA) is 88.9 Å². The van der Waals surface area contributed by atoms with Crippen LogP contribution in [-0.4, -0.2) is 45.0 Å². The first-order valence-electron chi connectivity index (χ1n) is 9.44. The lowest BCUT2D eigenvalue weighted by Crippen LogP contribution is -3.11. The van der Waals surface area contributed by atoms with Crippen molar-refractivity contribution in [3.63, 3.8) is 0 Å². The summed E-state index contributed by atoms with van der Waals surface area (Å²) in [6.45, 7) is 5.99. The number of rotatable bonds is 8. The van der Waals surface area contributed by atoms with Crippen LogP contribution in [0.3, 0.4) is 0 Å². The van der Waals surface area contributed by atoms with E-state index < -0.39 is 5.97 Å². The van der Waals surface area contributed by atoms with Crippen LogP contribution >= 0.6 is 11.3 Å². The molecule has 8 heteroatoms. The number of likely N-dealkylation sites (N-methyl/N-ethyl adjacent to an activating group) is 1. The second-order valence-corrected chi connectivity index (χ2v) is 8.12. The fourth-order valence-corrected chi connectivity index (χ4v) is 4.05. The Morgan fingerprint density at radius 1 is 1.07 bits per heavy atom. The van der Waals surface area contributed by atoms with Crippen LogP contribution in [0.1, 0.15) is 33.3 Å². The van der Waals surface area contributed by atoms with Crippen molar-refractivity contribution in [2.75, 3.05) is 37.9 Å². The molecular weight excluding hydrogens is 390 g/mol. The van der Waals surface area contributed by atoms with Gasteiger partial charge in [0.15, 0.2) is 13.1 Å². The van der Waals surface area contributed by atoms with Crippen molar-refractivity contribution in [1.29, 1.82) is 0 Å². The number of anilines is 2. The summed E-state index contributed by atoms with van der Waals surface area (Å²) >= 11 is 1.34. The highest BCUT2D eigenvalue weighted by molar-refractivity contribution is 7.16. The van der Waals surface area contributed by atoms with Crippen LogP contribution in [-0.2, 0) is 20.7 Å². The van der Waals surface area contributed by atoms with E-state index in [1.165, 1.54) is 18.4 Å². The van der Waals surface area contributed by atoms with Crippen LogP contribution in [0.4, 0.5) is 10.7 Å². The predicted octanol–water partition coefficient (Wildman–Crippen LogP) is 1.81. The van der Waals surface area contributed by atoms with E-state index in [-0.39, 0.29) is 24.9 Å². The zero-order chi connectivity index (χ0) is 21.6. The molecule has 156 valence electrons. The maximum atomic E-state index is 12.4. The number of hydrogen-bond acceptors (Lipinski definition) is 5. The molecule has 0 aliphatic heterocycles. The molecule has 2 aromatic rings. The Morgan fingerprint density at radius 3 is 2.31 bits per heavy atom. The highest BCUT2D eigenvalue weighted by Gasteiger charge is 2.23. The molecule has 29 heavy (non-hydrogen) atoms. The normalized spacial score (nSPS) is 11.6. The van der Waals surface area contributed by atoms with Crippen molar-refractivity contribution >= 4 is 39.8 Å². The number of nitrogens with one attached hydrogen (secondary N) is 3. The fourth-order valence-electron chi connectivity index (χ4n) is 2.99. The van der Waals surface area contributed by atoms with Crippen molar-refractivity contribution in [3.8, 4) is 0 Å². The third-order valence-corrected chi connectivity index (χ3v) is 5.75. The van der Waals surface area contributed by atoms with Gasteiger partial charge in [-0.3, -0.25) is 9.59 Å². The molecule has 1 unspecified atom stereocenters. The third kappa shape index (κ3) is 5.88. The fraction of sp³-hybridized carbons (Fsp3) is 0.381. The van der Waals surface area contributed by atoms with Crippen LogP contribution in [0.15, 0.2) is 24.3 Å². The molecule has 1 atom stereocenters. The minimum Gasteiger partial charge on any atom is -0.465 e. The molecule has 1 aromatic heterocycles. The number of methoxy groups -OCH3 is 1. The highest BCUT2D eigenvalue weighted by Crippen LogP contribution is 2.32. The van der Waals surface area contributed by atoms with Gasteiger partial charge in [0, 0.05) is 10.6 Å². The van der Waals surface area contributed by atoms with Gasteiger partial charge in [0.05, 0.1) is 19.7 Å². The van der Waals surface area contributed by atoms with E-state index in [1.54, 1.807) is 7.05 Å². The molecule has 3 N–H and O–H groups in total. The van der Waals surface area contributed by atoms with Crippen molar-refractivity contribution in [3.05, 3.63) is 45.8 Å². The van der Waals surface area contributed by atoms with Crippen molar-refractivity contribution in [2.45, 2.75) is 27.2 Å². The van der Waals surface area contributed by atoms with E-state index in [2.05, 4.69) is 10.6 Å². The van der Waals surface area contributed by atoms with E-state index in [9.17, 15) is 14.4 Å². The average molecular weight is 419 g/mol. The number of ether oxygens (including phenoxy) is 1. The van der Waals surface area contributed by atoms with Gasteiger partial charge in [0.25, 0.3) is 11.8 Å². The number of benzene rings is 1. The quantitative estimate of drug-likeness (QED) is 0.571. The molecule has 1 aromatic carbocycles. The number of thiophene rings is 1. The molecule has 0 radical (unpaired) electrons. The second kappa shape index (κ2) is 10.2. The summed E-state index contributed by atoms with van der Waals surface area (Å²) in [5.41, 5.74) is 3.04. The minimum atomic E-state index is -0.475. The summed E-state index contributed by atoms with van der Waals surface area (Å²) in [4.78, 5) is 38.5. The van der Waals surface area contributed by atoms with Gasteiger partial charge in [-0.1, -0.05) is 25.1 Å². The average Bonchev–Trinajstić information content (AvgIpc) is 2.94. The summed E-state index contributed by atoms with van der Waals surface area (Å²) < 4.78 is 4.82. The van der Waals surface area contributed by atoms with E-state index in [1.807, 2.05) is 45.0 Å². The monoisotopic (exact) mass is 418 g/mol. The Bertz CT molecular complexity index is 907. The number of carbonyl (C=O) groups is 3. The molecule has 1 heterocycles. The van der Waals surface area contributed by atoms with Crippen LogP contribution in [0.25, 0.3) is 0 Å². The molecule has 2 rings (SSSR count). The number of aryl methyl sites for hydroxylation is 2. The standard InChI is InChI=1S/C21H27N3O4S/c1-6-15-9-7-8-10-16(15)22-17(25)11-24(4)12-18(26)23-20-19(21(27)28-5)13(2)14(3)29-20/h7-10H,6,11-12H2,1-5H3,(H,22,25)(H,23,26)/p+1. The first-order chi connectivity index (χ1) is 13.8. The van der Waals surface area contributed by atoms with Gasteiger partial charge in [0.2, 0.25) is 0 Å². The van der Waals surface area contributed by atoms with E-state index in [4.69, 9.17) is 4.74 Å². The Labute approximate surface area is 175 Å². The number of esters is 1. The van der Waals surface area contributed by atoms with Crippen LogP contribution in [0.5, 0.6) is 0 Å². The maximum absolute atomic E-state index is 12.4. The van der Waals surface area contributed by atoms with Crippen LogP contribution in [0, 0.1) is 13.8 Å². The Hall–Kier alpha value is -2.71. The van der Waals surface area contributed by atoms with Crippen LogP contribution in [0.2, 0.25) is 0 Å². The smallest absolute Gasteiger partial charge is 0.341 e. The van der Waals surface area contributed by atoms with E-state index >= 15 is 0 Å². The summed E-state index contributed by atoms with van der Waals surface area (Å²) in [5, 5.41) is 6.17. The van der Waals surface area contributed by atoms with Crippen LogP contribution < -0.4 is 15.5 Å². The zero-order valence-electron chi connectivity index (χ0n) is 17.5. The molecule has 0 aliphatic carbocycles. The minimum absolute atomic E-state index is 0.0967. The number of para-hydroxylation sites is 1. The molecule has 2 amide bonds. The van der Waals surface area contributed by atoms with Gasteiger partial charge >= 0.3 is 5.97 Å². The molecular formula is C21H28N3O4S+. The summed E-state index contributed by atoms with van der Waals surface area (Å²) in [6.07, 6.45) is 0.823. The Balaban J connectivity index is 1.95.